The maximum absolute atomic E-state index is 12.4. The van der Waals surface area contributed by atoms with Crippen LogP contribution < -0.4 is 14.8 Å². The summed E-state index contributed by atoms with van der Waals surface area (Å²) in [4.78, 5) is 23.9. The number of nitriles is 1. The van der Waals surface area contributed by atoms with Crippen molar-refractivity contribution in [1.82, 2.24) is 0 Å². The Morgan fingerprint density at radius 3 is 2.30 bits per heavy atom. The van der Waals surface area contributed by atoms with E-state index >= 15 is 0 Å². The van der Waals surface area contributed by atoms with E-state index in [-0.39, 0.29) is 18.1 Å². The second kappa shape index (κ2) is 10.1. The van der Waals surface area contributed by atoms with Gasteiger partial charge in [0.1, 0.15) is 11.6 Å². The van der Waals surface area contributed by atoms with E-state index in [4.69, 9.17) is 14.7 Å². The number of methoxy groups -OCH3 is 2. The topological polar surface area (TPSA) is 97.7 Å². The van der Waals surface area contributed by atoms with Crippen LogP contribution in [0.5, 0.6) is 11.5 Å². The van der Waals surface area contributed by atoms with Crippen molar-refractivity contribution in [2.75, 3.05) is 26.1 Å². The highest BCUT2D eigenvalue weighted by molar-refractivity contribution is 5.98. The molecule has 0 aromatic heterocycles. The minimum atomic E-state index is -0.727. The molecule has 0 saturated carbocycles. The first-order valence-electron chi connectivity index (χ1n) is 9.17. The van der Waals surface area contributed by atoms with Crippen molar-refractivity contribution in [2.45, 2.75) is 20.8 Å². The van der Waals surface area contributed by atoms with E-state index in [1.54, 1.807) is 24.3 Å². The third-order valence-corrected chi connectivity index (χ3v) is 4.32. The number of ether oxygens (including phenoxy) is 3. The van der Waals surface area contributed by atoms with Gasteiger partial charge < -0.3 is 19.5 Å². The summed E-state index contributed by atoms with van der Waals surface area (Å²) in [5, 5.41) is 11.9. The van der Waals surface area contributed by atoms with Crippen molar-refractivity contribution >= 4 is 23.6 Å². The number of rotatable bonds is 7. The predicted octanol–water partition coefficient (Wildman–Crippen LogP) is 3.72. The summed E-state index contributed by atoms with van der Waals surface area (Å²) < 4.78 is 15.5. The van der Waals surface area contributed by atoms with Gasteiger partial charge in [0.05, 0.1) is 14.2 Å². The van der Waals surface area contributed by atoms with Crippen molar-refractivity contribution in [3.8, 4) is 17.6 Å². The number of anilines is 1. The lowest BCUT2D eigenvalue weighted by atomic mass is 10.1. The lowest BCUT2D eigenvalue weighted by Crippen LogP contribution is -2.21. The van der Waals surface area contributed by atoms with Gasteiger partial charge in [0, 0.05) is 5.69 Å². The molecule has 0 fully saturated rings. The van der Waals surface area contributed by atoms with Crippen molar-refractivity contribution < 1.29 is 23.8 Å². The molecule has 1 N–H and O–H groups in total. The molecule has 0 unspecified atom stereocenters. The van der Waals surface area contributed by atoms with Crippen LogP contribution in [0.25, 0.3) is 6.08 Å². The fourth-order valence-electron chi connectivity index (χ4n) is 3.00. The number of benzene rings is 2. The Balaban J connectivity index is 2.12. The average molecular weight is 408 g/mol. The zero-order valence-corrected chi connectivity index (χ0v) is 17.7. The Morgan fingerprint density at radius 1 is 1.07 bits per heavy atom. The molecular weight excluding hydrogens is 384 g/mol. The Labute approximate surface area is 175 Å². The van der Waals surface area contributed by atoms with Crippen LogP contribution in [0.15, 0.2) is 35.9 Å². The van der Waals surface area contributed by atoms with E-state index in [0.29, 0.717) is 17.1 Å². The average Bonchev–Trinajstić information content (AvgIpc) is 2.72. The first-order valence-corrected chi connectivity index (χ1v) is 9.17. The van der Waals surface area contributed by atoms with Crippen LogP contribution >= 0.6 is 0 Å². The van der Waals surface area contributed by atoms with Gasteiger partial charge in [-0.25, -0.2) is 4.79 Å². The van der Waals surface area contributed by atoms with E-state index in [2.05, 4.69) is 10.1 Å². The fourth-order valence-corrected chi connectivity index (χ4v) is 3.00. The number of nitrogens with zero attached hydrogens (tertiary/aromatic N) is 1. The SMILES string of the molecule is COC(=O)/C(C#N)=C/c1ccc(OCC(=O)Nc2c(C)cc(C)cc2C)c(OC)c1. The molecule has 7 heteroatoms. The Morgan fingerprint density at radius 2 is 1.73 bits per heavy atom. The molecule has 156 valence electrons. The largest absolute Gasteiger partial charge is 0.493 e. The van der Waals surface area contributed by atoms with E-state index in [1.807, 2.05) is 32.9 Å². The van der Waals surface area contributed by atoms with Crippen molar-refractivity contribution in [3.05, 3.63) is 58.2 Å². The summed E-state index contributed by atoms with van der Waals surface area (Å²) in [6, 6.07) is 10.6. The molecular formula is C23H24N2O5. The number of esters is 1. The van der Waals surface area contributed by atoms with Gasteiger partial charge in [0.15, 0.2) is 18.1 Å². The molecule has 0 heterocycles. The summed E-state index contributed by atoms with van der Waals surface area (Å²) in [5.41, 5.74) is 4.27. The molecule has 0 bridgehead atoms. The molecule has 30 heavy (non-hydrogen) atoms. The van der Waals surface area contributed by atoms with Gasteiger partial charge in [0.2, 0.25) is 0 Å². The summed E-state index contributed by atoms with van der Waals surface area (Å²) in [6.07, 6.45) is 1.38. The zero-order valence-electron chi connectivity index (χ0n) is 17.7. The summed E-state index contributed by atoms with van der Waals surface area (Å²) in [7, 11) is 2.66. The third kappa shape index (κ3) is 5.61. The first kappa shape index (κ1) is 22.5. The Hall–Kier alpha value is -3.79. The van der Waals surface area contributed by atoms with Crippen LogP contribution in [0.4, 0.5) is 5.69 Å². The third-order valence-electron chi connectivity index (χ3n) is 4.32. The van der Waals surface area contributed by atoms with Gasteiger partial charge in [-0.1, -0.05) is 23.8 Å². The summed E-state index contributed by atoms with van der Waals surface area (Å²) >= 11 is 0. The molecule has 0 aliphatic heterocycles. The summed E-state index contributed by atoms with van der Waals surface area (Å²) in [6.45, 7) is 5.68. The molecule has 0 atom stereocenters. The number of carbonyl (C=O) groups is 2. The first-order chi connectivity index (χ1) is 14.3. The molecule has 2 rings (SSSR count). The van der Waals surface area contributed by atoms with Crippen LogP contribution in [0.2, 0.25) is 0 Å². The van der Waals surface area contributed by atoms with Crippen LogP contribution in [0.1, 0.15) is 22.3 Å². The van der Waals surface area contributed by atoms with Gasteiger partial charge in [-0.2, -0.15) is 5.26 Å². The molecule has 0 aliphatic rings. The highest BCUT2D eigenvalue weighted by atomic mass is 16.5. The normalized spacial score (nSPS) is 10.7. The molecule has 2 aromatic carbocycles. The number of hydrogen-bond donors (Lipinski definition) is 1. The van der Waals surface area contributed by atoms with Gasteiger partial charge >= 0.3 is 5.97 Å². The lowest BCUT2D eigenvalue weighted by Gasteiger charge is -2.14. The number of aryl methyl sites for hydroxylation is 3. The molecule has 0 saturated heterocycles. The maximum atomic E-state index is 12.4. The van der Waals surface area contributed by atoms with Crippen LogP contribution in [0.3, 0.4) is 0 Å². The van der Waals surface area contributed by atoms with E-state index in [9.17, 15) is 9.59 Å². The fraction of sp³-hybridized carbons (Fsp3) is 0.261. The zero-order chi connectivity index (χ0) is 22.3. The molecule has 0 aliphatic carbocycles. The van der Waals surface area contributed by atoms with E-state index in [0.717, 1.165) is 22.4 Å². The highest BCUT2D eigenvalue weighted by Crippen LogP contribution is 2.29. The Kier molecular flexibility index (Phi) is 7.59. The standard InChI is InChI=1S/C23H24N2O5/c1-14-8-15(2)22(16(3)9-14)25-21(26)13-30-19-7-6-17(11-20(19)28-4)10-18(12-24)23(27)29-5/h6-11H,13H2,1-5H3,(H,25,26)/b18-10+. The highest BCUT2D eigenvalue weighted by Gasteiger charge is 2.13. The van der Waals surface area contributed by atoms with Crippen molar-refractivity contribution in [3.63, 3.8) is 0 Å². The van der Waals surface area contributed by atoms with Crippen molar-refractivity contribution in [1.29, 1.82) is 5.26 Å². The smallest absolute Gasteiger partial charge is 0.348 e. The van der Waals surface area contributed by atoms with Gasteiger partial charge in [-0.15, -0.1) is 0 Å². The molecule has 0 spiro atoms. The monoisotopic (exact) mass is 408 g/mol. The van der Waals surface area contributed by atoms with Crippen LogP contribution in [-0.4, -0.2) is 32.7 Å². The lowest BCUT2D eigenvalue weighted by molar-refractivity contribution is -0.135. The summed E-state index contributed by atoms with van der Waals surface area (Å²) in [5.74, 6) is -0.302. The van der Waals surface area contributed by atoms with Gasteiger partial charge in [-0.3, -0.25) is 4.79 Å². The molecule has 0 radical (unpaired) electrons. The van der Waals surface area contributed by atoms with Crippen molar-refractivity contribution in [2.24, 2.45) is 0 Å². The number of amides is 1. The minimum absolute atomic E-state index is 0.142. The molecule has 7 nitrogen and oxygen atoms in total. The second-order valence-electron chi connectivity index (χ2n) is 6.68. The molecule has 2 aromatic rings. The predicted molar refractivity (Wildman–Crippen MR) is 113 cm³/mol. The van der Waals surface area contributed by atoms with E-state index in [1.165, 1.54) is 20.3 Å². The number of nitrogens with one attached hydrogen (secondary N) is 1. The van der Waals surface area contributed by atoms with E-state index < -0.39 is 5.97 Å². The van der Waals surface area contributed by atoms with Gasteiger partial charge in [-0.05, 0) is 55.7 Å². The second-order valence-corrected chi connectivity index (χ2v) is 6.68. The maximum Gasteiger partial charge on any atom is 0.348 e. The van der Waals surface area contributed by atoms with Crippen LogP contribution in [0, 0.1) is 32.1 Å². The van der Waals surface area contributed by atoms with Crippen LogP contribution in [-0.2, 0) is 14.3 Å². The van der Waals surface area contributed by atoms with Gasteiger partial charge in [0.25, 0.3) is 5.91 Å². The molecule has 1 amide bonds. The minimum Gasteiger partial charge on any atom is -0.493 e. The number of carbonyl (C=O) groups excluding carboxylic acids is 2. The quantitative estimate of drug-likeness (QED) is 0.426. The Bertz CT molecular complexity index is 1010. The number of hydrogen-bond acceptors (Lipinski definition) is 6.